The number of rotatable bonds is 4. The molecule has 3 aliphatic rings. The van der Waals surface area contributed by atoms with E-state index in [1.54, 1.807) is 0 Å². The lowest BCUT2D eigenvalue weighted by Crippen LogP contribution is -2.54. The minimum atomic E-state index is -1.90. The van der Waals surface area contributed by atoms with Crippen LogP contribution < -0.4 is 0 Å². The van der Waals surface area contributed by atoms with Crippen molar-refractivity contribution in [1.29, 1.82) is 0 Å². The Bertz CT molecular complexity index is 580. The number of hydrogen-bond donors (Lipinski definition) is 0. The van der Waals surface area contributed by atoms with E-state index in [-0.39, 0.29) is 22.7 Å². The van der Waals surface area contributed by atoms with Gasteiger partial charge in [-0.3, -0.25) is 4.79 Å². The van der Waals surface area contributed by atoms with Crippen LogP contribution in [0.25, 0.3) is 0 Å². The normalized spacial score (nSPS) is 36.8. The van der Waals surface area contributed by atoms with E-state index in [0.717, 1.165) is 32.1 Å². The molecule has 0 amide bonds. The summed E-state index contributed by atoms with van der Waals surface area (Å²) in [4.78, 5) is 12.4. The highest BCUT2D eigenvalue weighted by Gasteiger charge is 2.54. The molecule has 4 atom stereocenters. The Morgan fingerprint density at radius 2 is 1.86 bits per heavy atom. The van der Waals surface area contributed by atoms with Crippen LogP contribution in [0.5, 0.6) is 0 Å². The molecule has 2 saturated carbocycles. The van der Waals surface area contributed by atoms with Crippen LogP contribution in [-0.4, -0.2) is 38.7 Å². The van der Waals surface area contributed by atoms with Crippen LogP contribution in [-0.2, 0) is 18.7 Å². The van der Waals surface area contributed by atoms with Crippen molar-refractivity contribution in [3.63, 3.8) is 0 Å². The topological polar surface area (TPSA) is 44.8 Å². The highest BCUT2D eigenvalue weighted by Crippen LogP contribution is 2.55. The molecule has 1 heterocycles. The van der Waals surface area contributed by atoms with Gasteiger partial charge in [-0.15, -0.1) is 0 Å². The first-order valence-electron chi connectivity index (χ1n) is 11.4. The quantitative estimate of drug-likeness (QED) is 0.545. The second-order valence-corrected chi connectivity index (χ2v) is 16.2. The second-order valence-electron chi connectivity index (χ2n) is 11.5. The summed E-state index contributed by atoms with van der Waals surface area (Å²) in [6.07, 6.45) is 8.39. The maximum Gasteiger partial charge on any atom is 0.192 e. The molecule has 0 aromatic carbocycles. The van der Waals surface area contributed by atoms with Crippen molar-refractivity contribution in [3.8, 4) is 0 Å². The number of carbonyl (C=O) groups is 1. The van der Waals surface area contributed by atoms with Gasteiger partial charge in [0.15, 0.2) is 14.1 Å². The summed E-state index contributed by atoms with van der Waals surface area (Å²) in [5.74, 6) is 0.373. The molecule has 2 aliphatic carbocycles. The van der Waals surface area contributed by atoms with Crippen LogP contribution in [0.1, 0.15) is 86.0 Å². The van der Waals surface area contributed by atoms with Crippen molar-refractivity contribution in [1.82, 2.24) is 0 Å². The SMILES string of the molecule is CC1(C)OC[C@H](C[C@]23CCC(=O)CC2CCCC[C@@H]3O[Si](C)(C)C(C)(C)C)O1. The molecule has 0 bridgehead atoms. The molecular formula is C23H42O4Si. The minimum absolute atomic E-state index is 0.0500. The molecule has 0 radical (unpaired) electrons. The summed E-state index contributed by atoms with van der Waals surface area (Å²) in [6, 6.07) is 0. The maximum absolute atomic E-state index is 12.4. The van der Waals surface area contributed by atoms with Crippen molar-refractivity contribution in [2.24, 2.45) is 11.3 Å². The predicted octanol–water partition coefficient (Wildman–Crippen LogP) is 5.85. The number of ether oxygens (including phenoxy) is 2. The van der Waals surface area contributed by atoms with Crippen molar-refractivity contribution in [3.05, 3.63) is 0 Å². The number of hydrogen-bond acceptors (Lipinski definition) is 4. The first kappa shape index (κ1) is 22.5. The van der Waals surface area contributed by atoms with E-state index in [9.17, 15) is 4.79 Å². The van der Waals surface area contributed by atoms with Gasteiger partial charge in [0.1, 0.15) is 5.78 Å². The number of fused-ring (bicyclic) bond motifs is 1. The Labute approximate surface area is 173 Å². The molecule has 1 saturated heterocycles. The fraction of sp³-hybridized carbons (Fsp3) is 0.957. The van der Waals surface area contributed by atoms with E-state index in [1.165, 1.54) is 12.8 Å². The average molecular weight is 411 g/mol. The van der Waals surface area contributed by atoms with Crippen molar-refractivity contribution < 1.29 is 18.7 Å². The van der Waals surface area contributed by atoms with Gasteiger partial charge in [0.2, 0.25) is 0 Å². The lowest BCUT2D eigenvalue weighted by Gasteiger charge is -2.52. The first-order chi connectivity index (χ1) is 12.8. The molecule has 3 rings (SSSR count). The van der Waals surface area contributed by atoms with E-state index < -0.39 is 14.1 Å². The Morgan fingerprint density at radius 3 is 2.46 bits per heavy atom. The van der Waals surface area contributed by atoms with Crippen molar-refractivity contribution in [2.45, 2.75) is 122 Å². The largest absolute Gasteiger partial charge is 0.413 e. The summed E-state index contributed by atoms with van der Waals surface area (Å²) in [7, 11) is -1.90. The summed E-state index contributed by atoms with van der Waals surface area (Å²) in [5.41, 5.74) is 0.0500. The third-order valence-electron chi connectivity index (χ3n) is 7.98. The van der Waals surface area contributed by atoms with Gasteiger partial charge in [0.05, 0.1) is 18.8 Å². The van der Waals surface area contributed by atoms with Gasteiger partial charge in [-0.05, 0) is 63.6 Å². The summed E-state index contributed by atoms with van der Waals surface area (Å²) in [5, 5.41) is 0.190. The zero-order valence-electron chi connectivity index (χ0n) is 19.2. The van der Waals surface area contributed by atoms with E-state index in [4.69, 9.17) is 13.9 Å². The summed E-state index contributed by atoms with van der Waals surface area (Å²) < 4.78 is 19.3. The van der Waals surface area contributed by atoms with Gasteiger partial charge in [-0.1, -0.05) is 33.6 Å². The van der Waals surface area contributed by atoms with Crippen LogP contribution in [0, 0.1) is 11.3 Å². The lowest BCUT2D eigenvalue weighted by atomic mass is 9.59. The van der Waals surface area contributed by atoms with Gasteiger partial charge in [0, 0.05) is 18.3 Å². The van der Waals surface area contributed by atoms with E-state index in [0.29, 0.717) is 24.7 Å². The molecule has 0 N–H and O–H groups in total. The van der Waals surface area contributed by atoms with Crippen LogP contribution >= 0.6 is 0 Å². The highest BCUT2D eigenvalue weighted by atomic mass is 28.4. The molecule has 5 heteroatoms. The minimum Gasteiger partial charge on any atom is -0.413 e. The highest BCUT2D eigenvalue weighted by molar-refractivity contribution is 6.74. The zero-order valence-corrected chi connectivity index (χ0v) is 20.2. The van der Waals surface area contributed by atoms with Crippen LogP contribution in [0.3, 0.4) is 0 Å². The zero-order chi connectivity index (χ0) is 20.8. The molecule has 28 heavy (non-hydrogen) atoms. The van der Waals surface area contributed by atoms with E-state index in [1.807, 2.05) is 13.8 Å². The van der Waals surface area contributed by atoms with Crippen LogP contribution in [0.4, 0.5) is 0 Å². The molecule has 1 unspecified atom stereocenters. The smallest absolute Gasteiger partial charge is 0.192 e. The first-order valence-corrected chi connectivity index (χ1v) is 14.3. The number of carbonyl (C=O) groups excluding carboxylic acids is 1. The third-order valence-corrected chi connectivity index (χ3v) is 12.5. The molecule has 1 aliphatic heterocycles. The van der Waals surface area contributed by atoms with Gasteiger partial charge in [-0.25, -0.2) is 0 Å². The Kier molecular flexibility index (Phi) is 6.25. The molecule has 3 fully saturated rings. The van der Waals surface area contributed by atoms with Crippen molar-refractivity contribution in [2.75, 3.05) is 6.61 Å². The summed E-state index contributed by atoms with van der Waals surface area (Å²) >= 11 is 0. The van der Waals surface area contributed by atoms with Gasteiger partial charge in [-0.2, -0.15) is 0 Å². The Morgan fingerprint density at radius 1 is 1.18 bits per heavy atom. The molecule has 0 aromatic heterocycles. The van der Waals surface area contributed by atoms with E-state index >= 15 is 0 Å². The van der Waals surface area contributed by atoms with Crippen LogP contribution in [0.2, 0.25) is 18.1 Å². The molecule has 4 nitrogen and oxygen atoms in total. The predicted molar refractivity (Wildman–Crippen MR) is 115 cm³/mol. The van der Waals surface area contributed by atoms with E-state index in [2.05, 4.69) is 33.9 Å². The average Bonchev–Trinajstić information content (AvgIpc) is 2.80. The molecular weight excluding hydrogens is 368 g/mol. The number of Topliss-reactive ketones (excluding diaryl/α,β-unsaturated/α-hetero) is 1. The molecule has 162 valence electrons. The summed E-state index contributed by atoms with van der Waals surface area (Å²) in [6.45, 7) is 16.4. The van der Waals surface area contributed by atoms with Gasteiger partial charge in [0.25, 0.3) is 0 Å². The van der Waals surface area contributed by atoms with Gasteiger partial charge >= 0.3 is 0 Å². The monoisotopic (exact) mass is 410 g/mol. The second kappa shape index (κ2) is 7.79. The Hall–Kier alpha value is -0.233. The number of ketones is 1. The molecule has 0 aromatic rings. The van der Waals surface area contributed by atoms with Crippen LogP contribution in [0.15, 0.2) is 0 Å². The third kappa shape index (κ3) is 4.58. The van der Waals surface area contributed by atoms with Gasteiger partial charge < -0.3 is 13.9 Å². The standard InChI is InChI=1S/C23H42O4Si/c1-21(2,3)28(6,7)27-20-11-9-8-10-17-14-18(24)12-13-23(17,20)15-19-16-25-22(4,5)26-19/h17,19-20H,8-16H2,1-7H3/t17?,19-,20-,23+/m0/s1. The fourth-order valence-electron chi connectivity index (χ4n) is 5.37. The lowest BCUT2D eigenvalue weighted by molar-refractivity contribution is -0.152. The fourth-order valence-corrected chi connectivity index (χ4v) is 6.79. The Balaban J connectivity index is 1.91. The van der Waals surface area contributed by atoms with Crippen molar-refractivity contribution >= 4 is 14.1 Å². The molecule has 0 spiro atoms. The maximum atomic E-state index is 12.4.